The number of rotatable bonds is 7. The number of hydrogen-bond donors (Lipinski definition) is 1. The maximum absolute atomic E-state index is 13.3. The number of benzene rings is 2. The minimum Gasteiger partial charge on any atom is -0.368 e. The van der Waals surface area contributed by atoms with E-state index in [9.17, 15) is 9.59 Å². The number of aromatic nitrogens is 1. The number of amides is 2. The van der Waals surface area contributed by atoms with Crippen LogP contribution in [0.1, 0.15) is 29.1 Å². The van der Waals surface area contributed by atoms with E-state index in [-0.39, 0.29) is 23.7 Å². The van der Waals surface area contributed by atoms with Crippen molar-refractivity contribution < 1.29 is 14.1 Å². The highest BCUT2D eigenvalue weighted by atomic mass is 16.5. The lowest BCUT2D eigenvalue weighted by molar-refractivity contribution is -0.133. The summed E-state index contributed by atoms with van der Waals surface area (Å²) in [6, 6.07) is 22.5. The molecule has 1 aromatic heterocycles. The van der Waals surface area contributed by atoms with Crippen LogP contribution in [-0.2, 0) is 11.2 Å². The van der Waals surface area contributed by atoms with Crippen LogP contribution in [0.2, 0.25) is 0 Å². The molecule has 1 N–H and O–H groups in total. The number of piperazine rings is 2. The Morgan fingerprint density at radius 2 is 1.37 bits per heavy atom. The lowest BCUT2D eigenvalue weighted by Gasteiger charge is -2.38. The van der Waals surface area contributed by atoms with Gasteiger partial charge < -0.3 is 29.4 Å². The number of carbonyl (C=O) groups is 2. The zero-order chi connectivity index (χ0) is 28.0. The van der Waals surface area contributed by atoms with Gasteiger partial charge in [0.2, 0.25) is 11.7 Å². The summed E-state index contributed by atoms with van der Waals surface area (Å²) in [7, 11) is 0. The topological polar surface area (TPSA) is 85.2 Å². The average molecular weight is 557 g/mol. The first-order chi connectivity index (χ1) is 20.1. The molecule has 0 saturated carbocycles. The van der Waals surface area contributed by atoms with Gasteiger partial charge >= 0.3 is 0 Å². The summed E-state index contributed by atoms with van der Waals surface area (Å²) in [6.07, 6.45) is 2.23. The van der Waals surface area contributed by atoms with Crippen molar-refractivity contribution in [3.8, 4) is 0 Å². The number of nitrogens with zero attached hydrogens (tertiary/aromatic N) is 5. The maximum Gasteiger partial charge on any atom is 0.292 e. The molecule has 3 aliphatic heterocycles. The summed E-state index contributed by atoms with van der Waals surface area (Å²) < 4.78 is 5.54. The SMILES string of the molecule is O=C(CC1CCNCC1Cc1cc(C(=O)N2CCN(c3ccccc3)CC2)on1)N1CCN(c2ccccc2)CC1. The molecule has 3 saturated heterocycles. The van der Waals surface area contributed by atoms with E-state index in [0.717, 1.165) is 64.5 Å². The van der Waals surface area contributed by atoms with E-state index in [2.05, 4.69) is 56.7 Å². The van der Waals surface area contributed by atoms with Gasteiger partial charge in [0.1, 0.15) is 0 Å². The standard InChI is InChI=1S/C32H40N6O3/c39-31(37-17-13-35(14-18-37)28-7-3-1-4-8-28)22-25-11-12-33-24-26(25)21-27-23-30(41-34-27)32(40)38-19-15-36(16-20-38)29-9-5-2-6-10-29/h1-10,23,25-26,33H,11-22,24H2. The van der Waals surface area contributed by atoms with Crippen LogP contribution in [0.4, 0.5) is 11.4 Å². The fourth-order valence-corrected chi connectivity index (χ4v) is 6.43. The Balaban J connectivity index is 0.998. The van der Waals surface area contributed by atoms with E-state index in [1.807, 2.05) is 40.1 Å². The molecule has 41 heavy (non-hydrogen) atoms. The van der Waals surface area contributed by atoms with E-state index < -0.39 is 0 Å². The summed E-state index contributed by atoms with van der Waals surface area (Å²) in [6.45, 7) is 7.91. The molecule has 0 radical (unpaired) electrons. The van der Waals surface area contributed by atoms with Crippen molar-refractivity contribution in [1.29, 1.82) is 0 Å². The van der Waals surface area contributed by atoms with E-state index in [1.165, 1.54) is 11.4 Å². The molecule has 0 spiro atoms. The van der Waals surface area contributed by atoms with Crippen LogP contribution in [-0.4, -0.2) is 92.2 Å². The second-order valence-corrected chi connectivity index (χ2v) is 11.4. The van der Waals surface area contributed by atoms with Gasteiger partial charge in [-0.05, 0) is 62.0 Å². The van der Waals surface area contributed by atoms with Gasteiger partial charge in [-0.2, -0.15) is 0 Å². The maximum atomic E-state index is 13.3. The van der Waals surface area contributed by atoms with E-state index in [1.54, 1.807) is 0 Å². The number of anilines is 2. The first-order valence-corrected chi connectivity index (χ1v) is 15.0. The van der Waals surface area contributed by atoms with Crippen molar-refractivity contribution in [2.45, 2.75) is 19.3 Å². The van der Waals surface area contributed by atoms with Crippen LogP contribution < -0.4 is 15.1 Å². The zero-order valence-electron chi connectivity index (χ0n) is 23.7. The number of nitrogens with one attached hydrogen (secondary N) is 1. The summed E-state index contributed by atoms with van der Waals surface area (Å²) in [5.41, 5.74) is 3.20. The Kier molecular flexibility index (Phi) is 8.51. The monoisotopic (exact) mass is 556 g/mol. The van der Waals surface area contributed by atoms with Crippen LogP contribution in [0.5, 0.6) is 0 Å². The smallest absolute Gasteiger partial charge is 0.292 e. The van der Waals surface area contributed by atoms with Crippen molar-refractivity contribution in [3.63, 3.8) is 0 Å². The summed E-state index contributed by atoms with van der Waals surface area (Å²) in [4.78, 5) is 35.0. The molecule has 3 aliphatic rings. The summed E-state index contributed by atoms with van der Waals surface area (Å²) in [5, 5.41) is 7.76. The number of carbonyl (C=O) groups excluding carboxylic acids is 2. The molecule has 3 fully saturated rings. The largest absolute Gasteiger partial charge is 0.368 e. The molecule has 6 rings (SSSR count). The Bertz CT molecular complexity index is 1280. The van der Waals surface area contributed by atoms with Gasteiger partial charge in [-0.15, -0.1) is 0 Å². The summed E-state index contributed by atoms with van der Waals surface area (Å²) in [5.74, 6) is 1.03. The van der Waals surface area contributed by atoms with Crippen LogP contribution in [0.25, 0.3) is 0 Å². The predicted octanol–water partition coefficient (Wildman–Crippen LogP) is 3.14. The molecule has 2 aromatic carbocycles. The molecule has 4 heterocycles. The third kappa shape index (κ3) is 6.56. The average Bonchev–Trinajstić information content (AvgIpc) is 3.51. The minimum absolute atomic E-state index is 0.0976. The second-order valence-electron chi connectivity index (χ2n) is 11.4. The van der Waals surface area contributed by atoms with Crippen molar-refractivity contribution >= 4 is 23.2 Å². The molecule has 9 heteroatoms. The predicted molar refractivity (Wildman–Crippen MR) is 159 cm³/mol. The number of para-hydroxylation sites is 2. The van der Waals surface area contributed by atoms with Crippen molar-refractivity contribution in [1.82, 2.24) is 20.3 Å². The fraction of sp³-hybridized carbons (Fsp3) is 0.469. The third-order valence-electron chi connectivity index (χ3n) is 8.88. The molecule has 0 bridgehead atoms. The lowest BCUT2D eigenvalue weighted by Crippen LogP contribution is -2.50. The van der Waals surface area contributed by atoms with Gasteiger partial charge in [-0.1, -0.05) is 41.6 Å². The number of piperidine rings is 1. The number of hydrogen-bond acceptors (Lipinski definition) is 7. The van der Waals surface area contributed by atoms with Crippen LogP contribution >= 0.6 is 0 Å². The van der Waals surface area contributed by atoms with Gasteiger partial charge in [0.05, 0.1) is 5.69 Å². The van der Waals surface area contributed by atoms with E-state index in [0.29, 0.717) is 31.7 Å². The highest BCUT2D eigenvalue weighted by molar-refractivity contribution is 5.91. The third-order valence-corrected chi connectivity index (χ3v) is 8.88. The summed E-state index contributed by atoms with van der Waals surface area (Å²) >= 11 is 0. The molecule has 0 aliphatic carbocycles. The lowest BCUT2D eigenvalue weighted by atomic mass is 9.81. The molecular weight excluding hydrogens is 516 g/mol. The molecule has 9 nitrogen and oxygen atoms in total. The Morgan fingerprint density at radius 3 is 1.98 bits per heavy atom. The highest BCUT2D eigenvalue weighted by Gasteiger charge is 2.32. The normalized spacial score (nSPS) is 21.7. The fourth-order valence-electron chi connectivity index (χ4n) is 6.43. The minimum atomic E-state index is -0.0976. The van der Waals surface area contributed by atoms with Gasteiger partial charge in [0.25, 0.3) is 5.91 Å². The second kappa shape index (κ2) is 12.8. The molecular formula is C32H40N6O3. The van der Waals surface area contributed by atoms with Crippen molar-refractivity contribution in [2.24, 2.45) is 11.8 Å². The Hall–Kier alpha value is -3.85. The molecule has 2 atom stereocenters. The van der Waals surface area contributed by atoms with E-state index in [4.69, 9.17) is 4.52 Å². The Morgan fingerprint density at radius 1 is 0.780 bits per heavy atom. The van der Waals surface area contributed by atoms with Gasteiger partial charge in [-0.3, -0.25) is 9.59 Å². The quantitative estimate of drug-likeness (QED) is 0.479. The van der Waals surface area contributed by atoms with Crippen LogP contribution in [0, 0.1) is 11.8 Å². The molecule has 2 amide bonds. The van der Waals surface area contributed by atoms with Crippen molar-refractivity contribution in [3.05, 3.63) is 78.2 Å². The van der Waals surface area contributed by atoms with Gasteiger partial charge in [0, 0.05) is 76.2 Å². The van der Waals surface area contributed by atoms with Crippen molar-refractivity contribution in [2.75, 3.05) is 75.2 Å². The molecule has 3 aromatic rings. The van der Waals surface area contributed by atoms with E-state index >= 15 is 0 Å². The molecule has 216 valence electrons. The first-order valence-electron chi connectivity index (χ1n) is 15.0. The van der Waals surface area contributed by atoms with Crippen LogP contribution in [0.3, 0.4) is 0 Å². The molecule has 2 unspecified atom stereocenters. The zero-order valence-corrected chi connectivity index (χ0v) is 23.7. The Labute approximate surface area is 242 Å². The van der Waals surface area contributed by atoms with Gasteiger partial charge in [-0.25, -0.2) is 0 Å². The van der Waals surface area contributed by atoms with Crippen LogP contribution in [0.15, 0.2) is 71.3 Å². The van der Waals surface area contributed by atoms with Gasteiger partial charge in [0.15, 0.2) is 0 Å². The highest BCUT2D eigenvalue weighted by Crippen LogP contribution is 2.28. The first kappa shape index (κ1) is 27.3.